The fourth-order valence-electron chi connectivity index (χ4n) is 0.687. The van der Waals surface area contributed by atoms with Crippen LogP contribution in [0, 0.1) is 0 Å². The quantitative estimate of drug-likeness (QED) is 0.323. The summed E-state index contributed by atoms with van der Waals surface area (Å²) < 4.78 is 5.37. The summed E-state index contributed by atoms with van der Waals surface area (Å²) in [6.45, 7) is 0. The molecule has 1 heterocycles. The van der Waals surface area contributed by atoms with Crippen LogP contribution in [0.1, 0.15) is 0 Å². The molecule has 0 saturated carbocycles. The highest BCUT2D eigenvalue weighted by atomic mass is 29.7. The van der Waals surface area contributed by atoms with Crippen molar-refractivity contribution in [1.29, 1.82) is 0 Å². The fraction of sp³-hybridized carbons (Fsp3) is 1.00. The first-order valence-electron chi connectivity index (χ1n) is 2.58. The zero-order valence-corrected chi connectivity index (χ0v) is 9.60. The minimum atomic E-state index is 0.244. The lowest BCUT2D eigenvalue weighted by molar-refractivity contribution is 0.421. The Balaban J connectivity index is 2.00. The predicted octanol–water partition coefficient (Wildman–Crippen LogP) is -3.69. The van der Waals surface area contributed by atoms with Crippen LogP contribution in [0.25, 0.3) is 0 Å². The average molecular weight is 150 g/mol. The van der Waals surface area contributed by atoms with E-state index in [4.69, 9.17) is 4.43 Å². The van der Waals surface area contributed by atoms with Crippen LogP contribution in [0.2, 0.25) is 0 Å². The van der Waals surface area contributed by atoms with E-state index in [0.29, 0.717) is 17.6 Å². The molecule has 6 heavy (non-hydrogen) atoms. The summed E-state index contributed by atoms with van der Waals surface area (Å²) >= 11 is 0. The van der Waals surface area contributed by atoms with Crippen molar-refractivity contribution in [2.75, 3.05) is 6.23 Å². The van der Waals surface area contributed by atoms with Crippen LogP contribution >= 0.6 is 0 Å². The van der Waals surface area contributed by atoms with Crippen LogP contribution in [0.4, 0.5) is 0 Å². The zero-order valence-electron chi connectivity index (χ0n) is 3.94. The number of hydrogen-bond donors (Lipinski definition) is 0. The van der Waals surface area contributed by atoms with E-state index in [2.05, 4.69) is 0 Å². The molecule has 0 aliphatic carbocycles. The van der Waals surface area contributed by atoms with Crippen LogP contribution in [-0.2, 0) is 4.43 Å². The van der Waals surface area contributed by atoms with Gasteiger partial charge in [-0.15, -0.1) is 0 Å². The van der Waals surface area contributed by atoms with Gasteiger partial charge in [-0.05, 0) is 8.55 Å². The molecule has 0 radical (unpaired) electrons. The molecular formula is CH10OSi4. The monoisotopic (exact) mass is 150 g/mol. The summed E-state index contributed by atoms with van der Waals surface area (Å²) in [4.78, 5) is 0. The van der Waals surface area contributed by atoms with E-state index in [0.717, 1.165) is 8.55 Å². The van der Waals surface area contributed by atoms with Crippen molar-refractivity contribution in [1.82, 2.24) is 0 Å². The molecule has 1 aliphatic heterocycles. The highest BCUT2D eigenvalue weighted by molar-refractivity contribution is 7.44. The van der Waals surface area contributed by atoms with Gasteiger partial charge in [0.1, 0.15) is 9.28 Å². The lowest BCUT2D eigenvalue weighted by Crippen LogP contribution is -2.31. The van der Waals surface area contributed by atoms with Crippen LogP contribution < -0.4 is 0 Å². The summed E-state index contributed by atoms with van der Waals surface area (Å²) in [6.07, 6.45) is 1.30. The molecule has 0 bridgehead atoms. The summed E-state index contributed by atoms with van der Waals surface area (Å²) in [5.74, 6) is 0. The molecule has 1 rings (SSSR count). The summed E-state index contributed by atoms with van der Waals surface area (Å²) in [5, 5.41) is 0. The normalized spacial score (nSPS) is 40.0. The molecule has 1 aliphatic rings. The van der Waals surface area contributed by atoms with Gasteiger partial charge in [0, 0.05) is 23.8 Å². The van der Waals surface area contributed by atoms with Crippen LogP contribution in [0.3, 0.4) is 0 Å². The Hall–Kier alpha value is 0.828. The maximum Gasteiger partial charge on any atom is 0.139 e. The molecule has 0 amide bonds. The van der Waals surface area contributed by atoms with E-state index >= 15 is 0 Å². The van der Waals surface area contributed by atoms with Crippen molar-refractivity contribution in [2.45, 2.75) is 0 Å². The third-order valence-electron chi connectivity index (χ3n) is 1.08. The topological polar surface area (TPSA) is 9.23 Å². The van der Waals surface area contributed by atoms with Crippen molar-refractivity contribution >= 4 is 35.4 Å². The fourth-order valence-corrected chi connectivity index (χ4v) is 33.6. The van der Waals surface area contributed by atoms with Gasteiger partial charge in [0.05, 0.1) is 0 Å². The molecule has 0 aromatic heterocycles. The molecule has 0 atom stereocenters. The molecule has 0 aromatic carbocycles. The van der Waals surface area contributed by atoms with Gasteiger partial charge in [0.25, 0.3) is 0 Å². The second-order valence-corrected chi connectivity index (χ2v) is 25.3. The molecule has 0 unspecified atom stereocenters. The van der Waals surface area contributed by atoms with E-state index in [9.17, 15) is 0 Å². The molecule has 0 spiro atoms. The Morgan fingerprint density at radius 2 is 2.33 bits per heavy atom. The van der Waals surface area contributed by atoms with Gasteiger partial charge in [-0.3, -0.25) is 0 Å². The zero-order chi connectivity index (χ0) is 4.24. The number of rotatable bonds is 0. The van der Waals surface area contributed by atoms with Gasteiger partial charge in [-0.2, -0.15) is 0 Å². The van der Waals surface area contributed by atoms with Crippen LogP contribution in [0.5, 0.6) is 0 Å². The van der Waals surface area contributed by atoms with E-state index in [1.54, 1.807) is 0 Å². The highest BCUT2D eigenvalue weighted by Crippen LogP contribution is 1.72. The lowest BCUT2D eigenvalue weighted by atomic mass is 11.7. The van der Waals surface area contributed by atoms with Gasteiger partial charge in [-0.25, -0.2) is 0 Å². The Kier molecular flexibility index (Phi) is 2.42. The molecule has 1 saturated heterocycles. The maximum absolute atomic E-state index is 5.37. The Morgan fingerprint density at radius 1 is 1.33 bits per heavy atom. The van der Waals surface area contributed by atoms with Gasteiger partial charge in [-0.1, -0.05) is 0 Å². The minimum absolute atomic E-state index is 0.244. The Morgan fingerprint density at radius 3 is 2.50 bits per heavy atom. The molecule has 36 valence electrons. The molecule has 1 nitrogen and oxygen atoms in total. The standard InChI is InChI=1S/CH10OSi4/c1-2-4-6-5-3-1/h1,3-6H2. The van der Waals surface area contributed by atoms with E-state index in [1.165, 1.54) is 6.23 Å². The lowest BCUT2D eigenvalue weighted by Gasteiger charge is -2.05. The summed E-state index contributed by atoms with van der Waals surface area (Å²) in [5.41, 5.74) is 0. The second kappa shape index (κ2) is 2.91. The molecular weight excluding hydrogens is 140 g/mol. The molecule has 1 fully saturated rings. The van der Waals surface area contributed by atoms with Gasteiger partial charge < -0.3 is 4.43 Å². The largest absolute Gasteiger partial charge is 0.432 e. The summed E-state index contributed by atoms with van der Waals surface area (Å²) in [6, 6.07) is 0. The van der Waals surface area contributed by atoms with Crippen molar-refractivity contribution in [3.63, 3.8) is 0 Å². The number of hydrogen-bond acceptors (Lipinski definition) is 1. The third kappa shape index (κ3) is 1.52. The SMILES string of the molecule is C1O[SiH2][SiH2][SiH2][SiH2]1. The van der Waals surface area contributed by atoms with E-state index in [1.807, 2.05) is 0 Å². The van der Waals surface area contributed by atoms with Crippen LogP contribution in [0.15, 0.2) is 0 Å². The van der Waals surface area contributed by atoms with Gasteiger partial charge >= 0.3 is 0 Å². The first kappa shape index (κ1) is 4.97. The van der Waals surface area contributed by atoms with Crippen molar-refractivity contribution in [3.05, 3.63) is 0 Å². The first-order valence-corrected chi connectivity index (χ1v) is 16.2. The Labute approximate surface area is 46.6 Å². The van der Waals surface area contributed by atoms with Crippen LogP contribution in [-0.4, -0.2) is 41.7 Å². The minimum Gasteiger partial charge on any atom is -0.432 e. The second-order valence-electron chi connectivity index (χ2n) is 1.67. The molecule has 5 heteroatoms. The van der Waals surface area contributed by atoms with Gasteiger partial charge in [0.2, 0.25) is 0 Å². The van der Waals surface area contributed by atoms with Crippen molar-refractivity contribution < 1.29 is 4.43 Å². The molecule has 0 aromatic rings. The smallest absolute Gasteiger partial charge is 0.139 e. The predicted molar refractivity (Wildman–Crippen MR) is 40.1 cm³/mol. The molecule has 0 N–H and O–H groups in total. The summed E-state index contributed by atoms with van der Waals surface area (Å²) in [7, 11) is 2.11. The maximum atomic E-state index is 5.37. The highest BCUT2D eigenvalue weighted by Gasteiger charge is 1.98. The average Bonchev–Trinajstić information content (AvgIpc) is 1.72. The third-order valence-corrected chi connectivity index (χ3v) is 34.8. The van der Waals surface area contributed by atoms with E-state index < -0.39 is 0 Å². The van der Waals surface area contributed by atoms with E-state index in [-0.39, 0.29) is 9.28 Å². The van der Waals surface area contributed by atoms with Crippen molar-refractivity contribution in [3.8, 4) is 0 Å². The van der Waals surface area contributed by atoms with Gasteiger partial charge in [0.15, 0.2) is 0 Å². The first-order chi connectivity index (χ1) is 3.00. The van der Waals surface area contributed by atoms with Crippen molar-refractivity contribution in [2.24, 2.45) is 0 Å². The Bertz CT molecular complexity index is 23.0.